The zero-order valence-electron chi connectivity index (χ0n) is 11.1. The van der Waals surface area contributed by atoms with Crippen molar-refractivity contribution >= 4 is 28.8 Å². The second kappa shape index (κ2) is 5.57. The lowest BCUT2D eigenvalue weighted by Gasteiger charge is -2.37. The Morgan fingerprint density at radius 1 is 1.37 bits per heavy atom. The zero-order chi connectivity index (χ0) is 14.0. The smallest absolute Gasteiger partial charge is 0.240 e. The molecule has 1 saturated heterocycles. The minimum absolute atomic E-state index is 0.261. The average molecular weight is 277 g/mol. The Bertz CT molecular complexity index is 515. The third kappa shape index (κ3) is 2.71. The first kappa shape index (κ1) is 13.8. The van der Waals surface area contributed by atoms with Gasteiger partial charge in [0.05, 0.1) is 5.69 Å². The van der Waals surface area contributed by atoms with Crippen LogP contribution in [0.4, 0.5) is 5.69 Å². The summed E-state index contributed by atoms with van der Waals surface area (Å²) >= 11 is 5.12. The fraction of sp³-hybridized carbons (Fsp3) is 0.429. The summed E-state index contributed by atoms with van der Waals surface area (Å²) in [4.78, 5) is 14.1. The van der Waals surface area contributed by atoms with Crippen LogP contribution in [0, 0.1) is 6.92 Å². The summed E-state index contributed by atoms with van der Waals surface area (Å²) < 4.78 is 0. The van der Waals surface area contributed by atoms with Gasteiger partial charge in [-0.05, 0) is 37.8 Å². The molecule has 4 N–H and O–H groups in total. The Kier molecular flexibility index (Phi) is 4.04. The molecule has 5 heteroatoms. The highest BCUT2D eigenvalue weighted by atomic mass is 32.1. The van der Waals surface area contributed by atoms with Gasteiger partial charge in [-0.2, -0.15) is 0 Å². The van der Waals surface area contributed by atoms with E-state index in [0.29, 0.717) is 4.99 Å². The van der Waals surface area contributed by atoms with Gasteiger partial charge in [-0.3, -0.25) is 4.79 Å². The lowest BCUT2D eigenvalue weighted by atomic mass is 9.97. The number of amides is 1. The molecule has 0 radical (unpaired) electrons. The first-order valence-electron chi connectivity index (χ1n) is 6.47. The highest BCUT2D eigenvalue weighted by Gasteiger charge is 2.29. The van der Waals surface area contributed by atoms with Gasteiger partial charge in [0, 0.05) is 12.1 Å². The van der Waals surface area contributed by atoms with Gasteiger partial charge in [0.25, 0.3) is 0 Å². The number of aryl methyl sites for hydroxylation is 1. The molecule has 0 bridgehead atoms. The van der Waals surface area contributed by atoms with E-state index < -0.39 is 0 Å². The molecule has 4 nitrogen and oxygen atoms in total. The highest BCUT2D eigenvalue weighted by Crippen LogP contribution is 2.31. The number of primary amides is 1. The molecule has 1 fully saturated rings. The molecule has 1 aliphatic heterocycles. The maximum absolute atomic E-state index is 11.6. The molecule has 1 heterocycles. The zero-order valence-corrected chi connectivity index (χ0v) is 11.9. The van der Waals surface area contributed by atoms with Crippen molar-refractivity contribution in [3.05, 3.63) is 29.3 Å². The summed E-state index contributed by atoms with van der Waals surface area (Å²) in [6.45, 7) is 2.82. The van der Waals surface area contributed by atoms with Gasteiger partial charge in [-0.1, -0.05) is 24.4 Å². The van der Waals surface area contributed by atoms with Crippen LogP contribution in [0.5, 0.6) is 0 Å². The molecule has 0 aromatic heterocycles. The normalized spacial score (nSPS) is 19.2. The summed E-state index contributed by atoms with van der Waals surface area (Å²) in [5.74, 6) is -0.281. The fourth-order valence-corrected chi connectivity index (χ4v) is 2.90. The molecule has 2 rings (SSSR count). The largest absolute Gasteiger partial charge is 0.389 e. The number of carbonyl (C=O) groups is 1. The number of thiocarbonyl (C=S) groups is 1. The van der Waals surface area contributed by atoms with Crippen molar-refractivity contribution in [3.63, 3.8) is 0 Å². The maximum Gasteiger partial charge on any atom is 0.240 e. The molecular weight excluding hydrogens is 258 g/mol. The molecule has 19 heavy (non-hydrogen) atoms. The Morgan fingerprint density at radius 2 is 2.11 bits per heavy atom. The quantitative estimate of drug-likeness (QED) is 0.821. The second-order valence-corrected chi connectivity index (χ2v) is 5.38. The van der Waals surface area contributed by atoms with Crippen LogP contribution < -0.4 is 16.4 Å². The Hall–Kier alpha value is -1.62. The number of hydrogen-bond acceptors (Lipinski definition) is 3. The number of benzene rings is 1. The SMILES string of the molecule is Cc1cccc(C(N)=S)c1N1CCCCC1C(N)=O. The topological polar surface area (TPSA) is 72.3 Å². The molecular formula is C14H19N3OS. The molecule has 102 valence electrons. The van der Waals surface area contributed by atoms with Gasteiger partial charge in [-0.25, -0.2) is 0 Å². The van der Waals surface area contributed by atoms with Gasteiger partial charge >= 0.3 is 0 Å². The van der Waals surface area contributed by atoms with Crippen molar-refractivity contribution in [2.24, 2.45) is 11.5 Å². The second-order valence-electron chi connectivity index (χ2n) is 4.94. The van der Waals surface area contributed by atoms with Crippen molar-refractivity contribution in [1.29, 1.82) is 0 Å². The molecule has 1 atom stereocenters. The van der Waals surface area contributed by atoms with Crippen LogP contribution in [-0.2, 0) is 4.79 Å². The van der Waals surface area contributed by atoms with Crippen LogP contribution in [-0.4, -0.2) is 23.5 Å². The van der Waals surface area contributed by atoms with Gasteiger partial charge in [0.1, 0.15) is 11.0 Å². The summed E-state index contributed by atoms with van der Waals surface area (Å²) in [7, 11) is 0. The lowest BCUT2D eigenvalue weighted by molar-refractivity contribution is -0.119. The van der Waals surface area contributed by atoms with Gasteiger partial charge in [-0.15, -0.1) is 0 Å². The molecule has 1 unspecified atom stereocenters. The van der Waals surface area contributed by atoms with Crippen molar-refractivity contribution in [2.45, 2.75) is 32.2 Å². The Morgan fingerprint density at radius 3 is 2.74 bits per heavy atom. The summed E-state index contributed by atoms with van der Waals surface area (Å²) in [6, 6.07) is 5.57. The summed E-state index contributed by atoms with van der Waals surface area (Å²) in [6.07, 6.45) is 2.87. The van der Waals surface area contributed by atoms with E-state index in [0.717, 1.165) is 42.6 Å². The average Bonchev–Trinajstić information content (AvgIpc) is 2.38. The minimum Gasteiger partial charge on any atom is -0.389 e. The van der Waals surface area contributed by atoms with E-state index in [9.17, 15) is 4.79 Å². The van der Waals surface area contributed by atoms with E-state index in [2.05, 4.69) is 4.90 Å². The number of nitrogens with two attached hydrogens (primary N) is 2. The number of anilines is 1. The van der Waals surface area contributed by atoms with Crippen molar-refractivity contribution in [1.82, 2.24) is 0 Å². The monoisotopic (exact) mass is 277 g/mol. The molecule has 1 aromatic carbocycles. The Balaban J connectivity index is 2.49. The summed E-state index contributed by atoms with van der Waals surface area (Å²) in [5.41, 5.74) is 14.2. The number of nitrogens with zero attached hydrogens (tertiary/aromatic N) is 1. The van der Waals surface area contributed by atoms with E-state index in [1.807, 2.05) is 25.1 Å². The molecule has 0 saturated carbocycles. The van der Waals surface area contributed by atoms with Crippen LogP contribution in [0.3, 0.4) is 0 Å². The van der Waals surface area contributed by atoms with Crippen molar-refractivity contribution in [2.75, 3.05) is 11.4 Å². The number of piperidine rings is 1. The van der Waals surface area contributed by atoms with Crippen LogP contribution in [0.1, 0.15) is 30.4 Å². The maximum atomic E-state index is 11.6. The third-order valence-electron chi connectivity index (χ3n) is 3.62. The molecule has 1 aromatic rings. The standard InChI is InChI=1S/C14H19N3OS/c1-9-5-4-6-10(14(16)19)12(9)17-8-3-2-7-11(17)13(15)18/h4-6,11H,2-3,7-8H2,1H3,(H2,15,18)(H2,16,19). The predicted octanol–water partition coefficient (Wildman–Crippen LogP) is 1.47. The van der Waals surface area contributed by atoms with Crippen molar-refractivity contribution < 1.29 is 4.79 Å². The minimum atomic E-state index is -0.281. The van der Waals surface area contributed by atoms with E-state index in [-0.39, 0.29) is 11.9 Å². The number of rotatable bonds is 3. The van der Waals surface area contributed by atoms with E-state index in [4.69, 9.17) is 23.7 Å². The number of carbonyl (C=O) groups excluding carboxylic acids is 1. The van der Waals surface area contributed by atoms with E-state index >= 15 is 0 Å². The lowest BCUT2D eigenvalue weighted by Crippen LogP contribution is -2.48. The van der Waals surface area contributed by atoms with Crippen LogP contribution in [0.15, 0.2) is 18.2 Å². The molecule has 1 aliphatic rings. The first-order chi connectivity index (χ1) is 9.02. The number of hydrogen-bond donors (Lipinski definition) is 2. The van der Waals surface area contributed by atoms with Gasteiger partial charge in [0.2, 0.25) is 5.91 Å². The van der Waals surface area contributed by atoms with Crippen molar-refractivity contribution in [3.8, 4) is 0 Å². The van der Waals surface area contributed by atoms with Gasteiger partial charge in [0.15, 0.2) is 0 Å². The van der Waals surface area contributed by atoms with Crippen LogP contribution >= 0.6 is 12.2 Å². The molecule has 0 spiro atoms. The first-order valence-corrected chi connectivity index (χ1v) is 6.88. The highest BCUT2D eigenvalue weighted by molar-refractivity contribution is 7.80. The Labute approximate surface area is 118 Å². The molecule has 1 amide bonds. The van der Waals surface area contributed by atoms with Crippen LogP contribution in [0.2, 0.25) is 0 Å². The van der Waals surface area contributed by atoms with Crippen LogP contribution in [0.25, 0.3) is 0 Å². The van der Waals surface area contributed by atoms with Gasteiger partial charge < -0.3 is 16.4 Å². The predicted molar refractivity (Wildman–Crippen MR) is 81.2 cm³/mol. The molecule has 0 aliphatic carbocycles. The summed E-state index contributed by atoms with van der Waals surface area (Å²) in [5, 5.41) is 0. The number of para-hydroxylation sites is 1. The fourth-order valence-electron chi connectivity index (χ4n) is 2.73. The van der Waals surface area contributed by atoms with E-state index in [1.165, 1.54) is 0 Å². The third-order valence-corrected chi connectivity index (χ3v) is 3.84. The van der Waals surface area contributed by atoms with E-state index in [1.54, 1.807) is 0 Å².